The van der Waals surface area contributed by atoms with Crippen LogP contribution in [0.1, 0.15) is 11.1 Å². The third-order valence-corrected chi connectivity index (χ3v) is 3.76. The second-order valence-electron chi connectivity index (χ2n) is 4.51. The van der Waals surface area contributed by atoms with Crippen molar-refractivity contribution >= 4 is 34.1 Å². The lowest BCUT2D eigenvalue weighted by atomic mass is 10.1. The SMILES string of the molecule is CN(Cc1ccc(I)cc1)c1ccc(C(N)=NO)cc1. The Bertz CT molecular complexity index is 594. The highest BCUT2D eigenvalue weighted by molar-refractivity contribution is 14.1. The molecule has 0 spiro atoms. The van der Waals surface area contributed by atoms with Crippen molar-refractivity contribution < 1.29 is 5.21 Å². The summed E-state index contributed by atoms with van der Waals surface area (Å²) in [6.45, 7) is 0.833. The van der Waals surface area contributed by atoms with Gasteiger partial charge in [0.15, 0.2) is 5.84 Å². The molecule has 20 heavy (non-hydrogen) atoms. The van der Waals surface area contributed by atoms with Crippen molar-refractivity contribution in [3.8, 4) is 0 Å². The zero-order valence-corrected chi connectivity index (χ0v) is 13.3. The van der Waals surface area contributed by atoms with E-state index in [2.05, 4.69) is 56.9 Å². The van der Waals surface area contributed by atoms with Gasteiger partial charge >= 0.3 is 0 Å². The predicted octanol–water partition coefficient (Wildman–Crippen LogP) is 3.02. The van der Waals surface area contributed by atoms with E-state index < -0.39 is 0 Å². The minimum Gasteiger partial charge on any atom is -0.409 e. The predicted molar refractivity (Wildman–Crippen MR) is 90.2 cm³/mol. The lowest BCUT2D eigenvalue weighted by Gasteiger charge is -2.19. The Kier molecular flexibility index (Phi) is 4.84. The fourth-order valence-corrected chi connectivity index (χ4v) is 2.26. The highest BCUT2D eigenvalue weighted by atomic mass is 127. The van der Waals surface area contributed by atoms with Crippen LogP contribution in [0.25, 0.3) is 0 Å². The largest absolute Gasteiger partial charge is 0.409 e. The Morgan fingerprint density at radius 1 is 1.15 bits per heavy atom. The van der Waals surface area contributed by atoms with Crippen LogP contribution in [-0.2, 0) is 6.54 Å². The number of hydrogen-bond acceptors (Lipinski definition) is 3. The second kappa shape index (κ2) is 6.60. The van der Waals surface area contributed by atoms with Gasteiger partial charge in [-0.05, 0) is 64.6 Å². The molecule has 0 bridgehead atoms. The molecule has 0 saturated heterocycles. The van der Waals surface area contributed by atoms with Crippen LogP contribution in [0.15, 0.2) is 53.7 Å². The second-order valence-corrected chi connectivity index (χ2v) is 5.76. The molecule has 3 N–H and O–H groups in total. The molecule has 4 nitrogen and oxygen atoms in total. The molecule has 2 aromatic rings. The summed E-state index contributed by atoms with van der Waals surface area (Å²) in [6, 6.07) is 16.1. The standard InChI is InChI=1S/C15H16IN3O/c1-19(10-11-2-6-13(16)7-3-11)14-8-4-12(5-9-14)15(17)18-20/h2-9,20H,10H2,1H3,(H2,17,18). The number of nitrogens with two attached hydrogens (primary N) is 1. The molecule has 0 unspecified atom stereocenters. The number of halogens is 1. The van der Waals surface area contributed by atoms with Crippen molar-refractivity contribution in [3.05, 3.63) is 63.2 Å². The summed E-state index contributed by atoms with van der Waals surface area (Å²) in [5.74, 6) is 0.122. The van der Waals surface area contributed by atoms with Gasteiger partial charge < -0.3 is 15.8 Å². The monoisotopic (exact) mass is 381 g/mol. The highest BCUT2D eigenvalue weighted by Gasteiger charge is 2.04. The minimum absolute atomic E-state index is 0.122. The summed E-state index contributed by atoms with van der Waals surface area (Å²) < 4.78 is 1.23. The van der Waals surface area contributed by atoms with Gasteiger partial charge in [-0.2, -0.15) is 0 Å². The number of oxime groups is 1. The zero-order valence-electron chi connectivity index (χ0n) is 11.1. The third kappa shape index (κ3) is 3.63. The fourth-order valence-electron chi connectivity index (χ4n) is 1.90. The Morgan fingerprint density at radius 3 is 2.30 bits per heavy atom. The summed E-state index contributed by atoms with van der Waals surface area (Å²) in [7, 11) is 2.04. The van der Waals surface area contributed by atoms with Crippen LogP contribution in [-0.4, -0.2) is 18.1 Å². The van der Waals surface area contributed by atoms with Gasteiger partial charge in [0.05, 0.1) is 0 Å². The van der Waals surface area contributed by atoms with Crippen molar-refractivity contribution in [2.75, 3.05) is 11.9 Å². The molecule has 0 saturated carbocycles. The molecule has 0 amide bonds. The molecule has 2 aromatic carbocycles. The molecule has 2 rings (SSSR count). The normalized spacial score (nSPS) is 11.4. The zero-order chi connectivity index (χ0) is 14.5. The molecular formula is C15H16IN3O. The van der Waals surface area contributed by atoms with E-state index in [9.17, 15) is 0 Å². The van der Waals surface area contributed by atoms with E-state index in [-0.39, 0.29) is 5.84 Å². The van der Waals surface area contributed by atoms with E-state index in [1.54, 1.807) is 0 Å². The van der Waals surface area contributed by atoms with Gasteiger partial charge in [-0.1, -0.05) is 17.3 Å². The first-order valence-electron chi connectivity index (χ1n) is 6.13. The summed E-state index contributed by atoms with van der Waals surface area (Å²) in [5.41, 5.74) is 8.59. The van der Waals surface area contributed by atoms with Crippen LogP contribution in [0.2, 0.25) is 0 Å². The van der Waals surface area contributed by atoms with E-state index >= 15 is 0 Å². The first-order chi connectivity index (χ1) is 9.60. The maximum Gasteiger partial charge on any atom is 0.170 e. The van der Waals surface area contributed by atoms with E-state index in [1.807, 2.05) is 31.3 Å². The fraction of sp³-hybridized carbons (Fsp3) is 0.133. The maximum absolute atomic E-state index is 8.64. The molecule has 0 aromatic heterocycles. The Hall–Kier alpha value is -1.76. The average molecular weight is 381 g/mol. The van der Waals surface area contributed by atoms with Crippen LogP contribution in [0.4, 0.5) is 5.69 Å². The number of rotatable bonds is 4. The van der Waals surface area contributed by atoms with E-state index in [0.29, 0.717) is 5.56 Å². The number of nitrogens with zero attached hydrogens (tertiary/aromatic N) is 2. The van der Waals surface area contributed by atoms with Gasteiger partial charge in [0, 0.05) is 28.4 Å². The molecule has 0 aliphatic rings. The topological polar surface area (TPSA) is 61.8 Å². The first kappa shape index (κ1) is 14.6. The van der Waals surface area contributed by atoms with E-state index in [4.69, 9.17) is 10.9 Å². The van der Waals surface area contributed by atoms with E-state index in [1.165, 1.54) is 9.13 Å². The molecule has 0 radical (unpaired) electrons. The lowest BCUT2D eigenvalue weighted by molar-refractivity contribution is 0.318. The number of hydrogen-bond donors (Lipinski definition) is 2. The van der Waals surface area contributed by atoms with Crippen molar-refractivity contribution in [1.29, 1.82) is 0 Å². The van der Waals surface area contributed by atoms with Crippen LogP contribution >= 0.6 is 22.6 Å². The van der Waals surface area contributed by atoms with Crippen LogP contribution in [0, 0.1) is 3.57 Å². The van der Waals surface area contributed by atoms with Crippen molar-refractivity contribution in [2.24, 2.45) is 10.9 Å². The molecule has 5 heteroatoms. The molecular weight excluding hydrogens is 365 g/mol. The van der Waals surface area contributed by atoms with Gasteiger partial charge in [0.1, 0.15) is 0 Å². The number of anilines is 1. The van der Waals surface area contributed by atoms with Crippen molar-refractivity contribution in [3.63, 3.8) is 0 Å². The molecule has 0 heterocycles. The summed E-state index contributed by atoms with van der Waals surface area (Å²) >= 11 is 2.30. The summed E-state index contributed by atoms with van der Waals surface area (Å²) in [4.78, 5) is 2.15. The summed E-state index contributed by atoms with van der Waals surface area (Å²) in [6.07, 6.45) is 0. The lowest BCUT2D eigenvalue weighted by Crippen LogP contribution is -2.17. The third-order valence-electron chi connectivity index (χ3n) is 3.04. The minimum atomic E-state index is 0.122. The van der Waals surface area contributed by atoms with Crippen molar-refractivity contribution in [1.82, 2.24) is 0 Å². The van der Waals surface area contributed by atoms with E-state index in [0.717, 1.165) is 12.2 Å². The van der Waals surface area contributed by atoms with Gasteiger partial charge in [-0.3, -0.25) is 0 Å². The molecule has 0 fully saturated rings. The van der Waals surface area contributed by atoms with Crippen LogP contribution in [0.5, 0.6) is 0 Å². The van der Waals surface area contributed by atoms with Crippen LogP contribution < -0.4 is 10.6 Å². The van der Waals surface area contributed by atoms with Gasteiger partial charge in [-0.15, -0.1) is 0 Å². The molecule has 0 aliphatic heterocycles. The van der Waals surface area contributed by atoms with Crippen LogP contribution in [0.3, 0.4) is 0 Å². The van der Waals surface area contributed by atoms with Crippen molar-refractivity contribution in [2.45, 2.75) is 6.54 Å². The van der Waals surface area contributed by atoms with Gasteiger partial charge in [0.25, 0.3) is 0 Å². The highest BCUT2D eigenvalue weighted by Crippen LogP contribution is 2.17. The Labute approximate surface area is 132 Å². The quantitative estimate of drug-likeness (QED) is 0.281. The van der Waals surface area contributed by atoms with Gasteiger partial charge in [-0.25, -0.2) is 0 Å². The smallest absolute Gasteiger partial charge is 0.170 e. The molecule has 0 aliphatic carbocycles. The maximum atomic E-state index is 8.64. The summed E-state index contributed by atoms with van der Waals surface area (Å²) in [5, 5.41) is 11.6. The Morgan fingerprint density at radius 2 is 1.75 bits per heavy atom. The molecule has 104 valence electrons. The number of amidine groups is 1. The van der Waals surface area contributed by atoms with Gasteiger partial charge in [0.2, 0.25) is 0 Å². The number of benzene rings is 2. The first-order valence-corrected chi connectivity index (χ1v) is 7.21. The average Bonchev–Trinajstić information content (AvgIpc) is 2.49. The Balaban J connectivity index is 2.09. The molecule has 0 atom stereocenters.